The first-order chi connectivity index (χ1) is 22.7. The lowest BCUT2D eigenvalue weighted by Crippen LogP contribution is -2.51. The van der Waals surface area contributed by atoms with Crippen LogP contribution in [-0.4, -0.2) is 95.5 Å². The molecular formula is C34H26O14. The summed E-state index contributed by atoms with van der Waals surface area (Å²) >= 11 is 0. The lowest BCUT2D eigenvalue weighted by Gasteiger charge is -2.40. The number of aliphatic hydroxyl groups is 2. The maximum atomic E-state index is 14.2. The van der Waals surface area contributed by atoms with Crippen LogP contribution in [0.1, 0.15) is 68.1 Å². The number of rotatable bonds is 3. The lowest BCUT2D eigenvalue weighted by atomic mass is 9.74. The van der Waals surface area contributed by atoms with Crippen LogP contribution >= 0.6 is 0 Å². The maximum Gasteiger partial charge on any atom is 0.309 e. The highest BCUT2D eigenvalue weighted by Crippen LogP contribution is 2.51. The number of esters is 2. The second-order valence-electron chi connectivity index (χ2n) is 12.5. The molecule has 0 unspecified atom stereocenters. The number of hydrogen-bond donors (Lipinski definition) is 2. The molecule has 14 heteroatoms. The van der Waals surface area contributed by atoms with Crippen molar-refractivity contribution in [2.75, 3.05) is 14.2 Å². The Labute approximate surface area is 270 Å². The fourth-order valence-corrected chi connectivity index (χ4v) is 7.80. The summed E-state index contributed by atoms with van der Waals surface area (Å²) in [5.41, 5.74) is -1.36. The van der Waals surface area contributed by atoms with E-state index in [2.05, 4.69) is 0 Å². The van der Waals surface area contributed by atoms with E-state index in [-0.39, 0.29) is 68.9 Å². The number of methoxy groups -OCH3 is 2. The van der Waals surface area contributed by atoms with Crippen molar-refractivity contribution in [1.29, 1.82) is 0 Å². The van der Waals surface area contributed by atoms with E-state index in [9.17, 15) is 39.0 Å². The first-order valence-corrected chi connectivity index (χ1v) is 15.0. The van der Waals surface area contributed by atoms with Crippen LogP contribution in [0.15, 0.2) is 46.6 Å². The molecule has 4 aliphatic heterocycles. The van der Waals surface area contributed by atoms with Crippen LogP contribution in [0.4, 0.5) is 0 Å². The number of carbonyl (C=O) groups is 6. The van der Waals surface area contributed by atoms with Crippen molar-refractivity contribution in [3.63, 3.8) is 0 Å². The van der Waals surface area contributed by atoms with Gasteiger partial charge in [-0.15, -0.1) is 0 Å². The summed E-state index contributed by atoms with van der Waals surface area (Å²) in [6.07, 6.45) is -4.72. The van der Waals surface area contributed by atoms with E-state index >= 15 is 0 Å². The molecule has 2 aromatic carbocycles. The minimum absolute atomic E-state index is 0.0761. The fraction of sp³-hybridized carbons (Fsp3) is 0.353. The average Bonchev–Trinajstić information content (AvgIpc) is 3.58. The number of ether oxygens (including phenoxy) is 6. The Bertz CT molecular complexity index is 1900. The van der Waals surface area contributed by atoms with E-state index in [0.29, 0.717) is 0 Å². The Morgan fingerprint density at radius 3 is 1.31 bits per heavy atom. The predicted octanol–water partition coefficient (Wildman–Crippen LogP) is 1.57. The molecule has 0 amide bonds. The second-order valence-corrected chi connectivity index (χ2v) is 12.5. The average molecular weight is 659 g/mol. The van der Waals surface area contributed by atoms with Crippen molar-refractivity contribution in [3.05, 3.63) is 68.8 Å². The molecule has 246 valence electrons. The molecule has 6 aliphatic rings. The van der Waals surface area contributed by atoms with Crippen LogP contribution < -0.4 is 9.47 Å². The van der Waals surface area contributed by atoms with Gasteiger partial charge in [0, 0.05) is 22.3 Å². The first-order valence-electron chi connectivity index (χ1n) is 15.0. The summed E-state index contributed by atoms with van der Waals surface area (Å²) in [5.74, 6) is -8.95. The summed E-state index contributed by atoms with van der Waals surface area (Å²) in [4.78, 5) is 80.4. The summed E-state index contributed by atoms with van der Waals surface area (Å²) in [7, 11) is 2.52. The molecule has 6 atom stereocenters. The minimum atomic E-state index is -2.25. The number of hydrogen-bond acceptors (Lipinski definition) is 14. The van der Waals surface area contributed by atoms with Crippen molar-refractivity contribution in [2.24, 2.45) is 0 Å². The summed E-state index contributed by atoms with van der Waals surface area (Å²) in [6, 6.07) is 5.68. The Balaban J connectivity index is 1.29. The molecule has 0 spiro atoms. The van der Waals surface area contributed by atoms with Gasteiger partial charge in [-0.05, 0) is 38.1 Å². The van der Waals surface area contributed by atoms with Crippen molar-refractivity contribution in [2.45, 2.75) is 62.7 Å². The van der Waals surface area contributed by atoms with Crippen LogP contribution in [0.5, 0.6) is 11.5 Å². The van der Waals surface area contributed by atoms with Gasteiger partial charge in [-0.25, -0.2) is 0 Å². The molecular weight excluding hydrogens is 632 g/mol. The van der Waals surface area contributed by atoms with E-state index in [0.717, 1.165) is 0 Å². The second kappa shape index (κ2) is 9.76. The van der Waals surface area contributed by atoms with Crippen LogP contribution in [-0.2, 0) is 28.5 Å². The van der Waals surface area contributed by atoms with Gasteiger partial charge < -0.3 is 38.6 Å². The summed E-state index contributed by atoms with van der Waals surface area (Å²) in [6.45, 7) is 2.40. The van der Waals surface area contributed by atoms with Gasteiger partial charge in [-0.2, -0.15) is 0 Å². The van der Waals surface area contributed by atoms with Gasteiger partial charge in [0.1, 0.15) is 23.7 Å². The van der Waals surface area contributed by atoms with E-state index in [1.165, 1.54) is 52.3 Å². The largest absolute Gasteiger partial charge is 0.495 e. The highest BCUT2D eigenvalue weighted by Gasteiger charge is 2.58. The zero-order valence-corrected chi connectivity index (χ0v) is 25.8. The van der Waals surface area contributed by atoms with Gasteiger partial charge >= 0.3 is 11.9 Å². The zero-order valence-electron chi connectivity index (χ0n) is 25.8. The van der Waals surface area contributed by atoms with E-state index < -0.39 is 82.2 Å². The topological polar surface area (TPSA) is 198 Å². The van der Waals surface area contributed by atoms with E-state index in [1.54, 1.807) is 0 Å². The quantitative estimate of drug-likeness (QED) is 0.451. The number of ketones is 4. The Morgan fingerprint density at radius 1 is 0.604 bits per heavy atom. The van der Waals surface area contributed by atoms with Gasteiger partial charge in [-0.3, -0.25) is 28.8 Å². The van der Waals surface area contributed by atoms with Crippen molar-refractivity contribution in [1.82, 2.24) is 0 Å². The number of Topliss-reactive ketones (excluding diaryl/α,β-unsaturated/α-hetero) is 4. The van der Waals surface area contributed by atoms with Gasteiger partial charge in [0.25, 0.3) is 0 Å². The number of carbonyl (C=O) groups excluding carboxylic acids is 6. The van der Waals surface area contributed by atoms with E-state index in [1.807, 2.05) is 0 Å². The monoisotopic (exact) mass is 658 g/mol. The van der Waals surface area contributed by atoms with Gasteiger partial charge in [-0.1, -0.05) is 0 Å². The SMILES string of the molecule is COc1c(-c2ccc3c(c2OC)C(=O)C2=C(C3=O)[C@@H]3OC(=O)C[C@@H]3O[C@@]2(C)O)ccc2c1C(=O)C1=C(C2=O)[C@@H]2OC(=O)C[C@@H]2O[C@@]1(C)O. The molecule has 0 radical (unpaired) electrons. The molecule has 48 heavy (non-hydrogen) atoms. The number of benzene rings is 2. The number of fused-ring (bicyclic) bond motifs is 6. The van der Waals surface area contributed by atoms with Crippen LogP contribution in [0.2, 0.25) is 0 Å². The molecule has 2 aromatic rings. The van der Waals surface area contributed by atoms with Crippen LogP contribution in [0.3, 0.4) is 0 Å². The van der Waals surface area contributed by atoms with Gasteiger partial charge in [0.15, 0.2) is 46.9 Å². The summed E-state index contributed by atoms with van der Waals surface area (Å²) in [5, 5.41) is 22.5. The van der Waals surface area contributed by atoms with Crippen molar-refractivity contribution >= 4 is 35.1 Å². The van der Waals surface area contributed by atoms with Crippen molar-refractivity contribution < 1.29 is 67.4 Å². The Hall–Kier alpha value is -5.02. The molecule has 8 rings (SSSR count). The van der Waals surface area contributed by atoms with Crippen LogP contribution in [0, 0.1) is 0 Å². The maximum absolute atomic E-state index is 14.2. The molecule has 4 heterocycles. The highest BCUT2D eigenvalue weighted by atomic mass is 16.7. The molecule has 0 bridgehead atoms. The molecule has 2 saturated heterocycles. The van der Waals surface area contributed by atoms with Crippen LogP contribution in [0.25, 0.3) is 11.1 Å². The molecule has 2 fully saturated rings. The highest BCUT2D eigenvalue weighted by molar-refractivity contribution is 6.31. The normalized spacial score (nSPS) is 31.8. The Morgan fingerprint density at radius 2 is 0.958 bits per heavy atom. The lowest BCUT2D eigenvalue weighted by molar-refractivity contribution is -0.206. The third-order valence-electron chi connectivity index (χ3n) is 9.63. The Kier molecular flexibility index (Phi) is 6.17. The molecule has 0 aromatic heterocycles. The van der Waals surface area contributed by atoms with Gasteiger partial charge in [0.05, 0.1) is 60.5 Å². The predicted molar refractivity (Wildman–Crippen MR) is 156 cm³/mol. The third-order valence-corrected chi connectivity index (χ3v) is 9.63. The van der Waals surface area contributed by atoms with Crippen molar-refractivity contribution in [3.8, 4) is 22.6 Å². The third kappa shape index (κ3) is 3.82. The molecule has 2 N–H and O–H groups in total. The van der Waals surface area contributed by atoms with Gasteiger partial charge in [0.2, 0.25) is 0 Å². The minimum Gasteiger partial charge on any atom is -0.495 e. The smallest absolute Gasteiger partial charge is 0.309 e. The molecule has 14 nitrogen and oxygen atoms in total. The first kappa shape index (κ1) is 30.3. The molecule has 0 saturated carbocycles. The van der Waals surface area contributed by atoms with E-state index in [4.69, 9.17) is 28.4 Å². The fourth-order valence-electron chi connectivity index (χ4n) is 7.80. The standard InChI is InChI=1S/C34H26O14/c1-33(41)23-21(31-15(47-33)9-17(35)45-31)25(37)13-7-5-11(29(43-3)19(13)27(23)39)12-6-8-14-20(30(12)44-4)28(40)24-22(26(14)38)32-16(10-18(36)46-32)48-34(24,2)42/h5-8,15-16,31-32,41-42H,9-10H2,1-4H3/t15-,16-,31+,32+,33+,34+/m0/s1. The summed E-state index contributed by atoms with van der Waals surface area (Å²) < 4.78 is 33.4. The molecule has 2 aliphatic carbocycles. The zero-order chi connectivity index (χ0) is 34.2.